The van der Waals surface area contributed by atoms with E-state index in [4.69, 9.17) is 9.84 Å². The zero-order chi connectivity index (χ0) is 19.4. The van der Waals surface area contributed by atoms with E-state index >= 15 is 0 Å². The fraction of sp³-hybridized carbons (Fsp3) is 0.632. The Morgan fingerprint density at radius 3 is 2.48 bits per heavy atom. The van der Waals surface area contributed by atoms with E-state index in [1.807, 2.05) is 17.0 Å². The summed E-state index contributed by atoms with van der Waals surface area (Å²) in [6.07, 6.45) is 2.47. The Labute approximate surface area is 159 Å². The standard InChI is InChI=1S/C19H28N4O4/c1-3-14(4-2)18(25)22-9-7-21(8-10-22)17-6-5-15(11-20-17)23-12-16(13-24)27-19(23)26/h5-6,11,14,16,24H,3-4,7-10,12-13H2,1-2H3/t16-/m1/s1. The normalized spacial score (nSPS) is 20.4. The number of ether oxygens (including phenoxy) is 1. The van der Waals surface area contributed by atoms with Crippen LogP contribution in [0.25, 0.3) is 0 Å². The molecule has 8 heteroatoms. The van der Waals surface area contributed by atoms with E-state index in [2.05, 4.69) is 23.7 Å². The SMILES string of the molecule is CCC(CC)C(=O)N1CCN(c2ccc(N3C[C@H](CO)OC3=O)cn2)CC1. The Bertz CT molecular complexity index is 654. The molecule has 2 amide bonds. The van der Waals surface area contributed by atoms with Crippen LogP contribution < -0.4 is 9.80 Å². The molecule has 0 radical (unpaired) electrons. The van der Waals surface area contributed by atoms with Gasteiger partial charge >= 0.3 is 6.09 Å². The summed E-state index contributed by atoms with van der Waals surface area (Å²) >= 11 is 0. The van der Waals surface area contributed by atoms with Crippen molar-refractivity contribution >= 4 is 23.5 Å². The van der Waals surface area contributed by atoms with Gasteiger partial charge in [-0.15, -0.1) is 0 Å². The molecule has 1 aromatic heterocycles. The van der Waals surface area contributed by atoms with Gasteiger partial charge in [-0.25, -0.2) is 9.78 Å². The summed E-state index contributed by atoms with van der Waals surface area (Å²) in [5.74, 6) is 1.21. The van der Waals surface area contributed by atoms with Gasteiger partial charge in [0.15, 0.2) is 0 Å². The van der Waals surface area contributed by atoms with Crippen LogP contribution in [0.3, 0.4) is 0 Å². The van der Waals surface area contributed by atoms with Crippen LogP contribution in [0.4, 0.5) is 16.3 Å². The molecule has 0 saturated carbocycles. The molecular weight excluding hydrogens is 348 g/mol. The summed E-state index contributed by atoms with van der Waals surface area (Å²) in [5.41, 5.74) is 0.655. The molecule has 0 unspecified atom stereocenters. The van der Waals surface area contributed by atoms with Gasteiger partial charge in [0.2, 0.25) is 5.91 Å². The highest BCUT2D eigenvalue weighted by Crippen LogP contribution is 2.24. The molecule has 2 saturated heterocycles. The van der Waals surface area contributed by atoms with Crippen LogP contribution in [0, 0.1) is 5.92 Å². The maximum absolute atomic E-state index is 12.5. The molecule has 3 heterocycles. The molecule has 1 N–H and O–H groups in total. The molecule has 148 valence electrons. The minimum absolute atomic E-state index is 0.122. The van der Waals surface area contributed by atoms with Crippen LogP contribution in [-0.2, 0) is 9.53 Å². The molecule has 2 fully saturated rings. The minimum Gasteiger partial charge on any atom is -0.441 e. The van der Waals surface area contributed by atoms with Crippen LogP contribution in [0.1, 0.15) is 26.7 Å². The molecule has 2 aliphatic heterocycles. The lowest BCUT2D eigenvalue weighted by molar-refractivity contribution is -0.136. The van der Waals surface area contributed by atoms with Gasteiger partial charge in [0, 0.05) is 32.1 Å². The van der Waals surface area contributed by atoms with Crippen LogP contribution in [-0.4, -0.2) is 72.4 Å². The van der Waals surface area contributed by atoms with Crippen LogP contribution in [0.5, 0.6) is 0 Å². The smallest absolute Gasteiger partial charge is 0.414 e. The lowest BCUT2D eigenvalue weighted by Gasteiger charge is -2.37. The van der Waals surface area contributed by atoms with Crippen molar-refractivity contribution < 1.29 is 19.4 Å². The number of carbonyl (C=O) groups excluding carboxylic acids is 2. The average Bonchev–Trinajstić information content (AvgIpc) is 3.10. The predicted octanol–water partition coefficient (Wildman–Crippen LogP) is 1.48. The summed E-state index contributed by atoms with van der Waals surface area (Å²) in [7, 11) is 0. The number of cyclic esters (lactones) is 1. The number of anilines is 2. The first-order valence-corrected chi connectivity index (χ1v) is 9.66. The molecule has 1 aromatic rings. The summed E-state index contributed by atoms with van der Waals surface area (Å²) in [6.45, 7) is 7.16. The van der Waals surface area contributed by atoms with Gasteiger partial charge < -0.3 is 19.6 Å². The summed E-state index contributed by atoms with van der Waals surface area (Å²) < 4.78 is 5.06. The second-order valence-corrected chi connectivity index (χ2v) is 7.00. The van der Waals surface area contributed by atoms with E-state index in [1.165, 1.54) is 4.90 Å². The number of piperazine rings is 1. The van der Waals surface area contributed by atoms with Crippen molar-refractivity contribution in [2.24, 2.45) is 5.92 Å². The summed E-state index contributed by atoms with van der Waals surface area (Å²) in [6, 6.07) is 3.72. The lowest BCUT2D eigenvalue weighted by atomic mass is 10.0. The van der Waals surface area contributed by atoms with Crippen molar-refractivity contribution in [3.63, 3.8) is 0 Å². The number of rotatable bonds is 6. The molecule has 0 aliphatic carbocycles. The van der Waals surface area contributed by atoms with Crippen molar-refractivity contribution in [2.45, 2.75) is 32.8 Å². The third-order valence-electron chi connectivity index (χ3n) is 5.37. The molecule has 3 rings (SSSR count). The number of pyridine rings is 1. The minimum atomic E-state index is -0.488. The van der Waals surface area contributed by atoms with Crippen molar-refractivity contribution in [3.8, 4) is 0 Å². The molecular formula is C19H28N4O4. The van der Waals surface area contributed by atoms with Gasteiger partial charge in [-0.3, -0.25) is 9.69 Å². The first kappa shape index (κ1) is 19.4. The Hall–Kier alpha value is -2.35. The molecule has 27 heavy (non-hydrogen) atoms. The number of nitrogens with zero attached hydrogens (tertiary/aromatic N) is 4. The first-order valence-electron chi connectivity index (χ1n) is 9.66. The highest BCUT2D eigenvalue weighted by molar-refractivity contribution is 5.89. The number of amides is 2. The molecule has 0 aromatic carbocycles. The molecule has 0 bridgehead atoms. The van der Waals surface area contributed by atoms with Crippen LogP contribution in [0.2, 0.25) is 0 Å². The maximum Gasteiger partial charge on any atom is 0.414 e. The number of aliphatic hydroxyl groups is 1. The quantitative estimate of drug-likeness (QED) is 0.809. The topological polar surface area (TPSA) is 86.2 Å². The highest BCUT2D eigenvalue weighted by atomic mass is 16.6. The Morgan fingerprint density at radius 1 is 1.26 bits per heavy atom. The van der Waals surface area contributed by atoms with E-state index in [1.54, 1.807) is 6.20 Å². The van der Waals surface area contributed by atoms with Gasteiger partial charge in [0.1, 0.15) is 11.9 Å². The molecule has 1 atom stereocenters. The average molecular weight is 376 g/mol. The van der Waals surface area contributed by atoms with E-state index in [9.17, 15) is 9.59 Å². The van der Waals surface area contributed by atoms with Crippen molar-refractivity contribution in [1.29, 1.82) is 0 Å². The van der Waals surface area contributed by atoms with Crippen LogP contribution >= 0.6 is 0 Å². The van der Waals surface area contributed by atoms with Gasteiger partial charge in [-0.1, -0.05) is 13.8 Å². The Kier molecular flexibility index (Phi) is 6.15. The monoisotopic (exact) mass is 376 g/mol. The second kappa shape index (κ2) is 8.56. The zero-order valence-electron chi connectivity index (χ0n) is 16.0. The van der Waals surface area contributed by atoms with E-state index in [0.717, 1.165) is 31.7 Å². The molecule has 8 nitrogen and oxygen atoms in total. The largest absolute Gasteiger partial charge is 0.441 e. The predicted molar refractivity (Wildman–Crippen MR) is 102 cm³/mol. The van der Waals surface area contributed by atoms with Crippen LogP contribution in [0.15, 0.2) is 18.3 Å². The van der Waals surface area contributed by atoms with E-state index in [-0.39, 0.29) is 18.4 Å². The van der Waals surface area contributed by atoms with Crippen molar-refractivity contribution in [1.82, 2.24) is 9.88 Å². The summed E-state index contributed by atoms with van der Waals surface area (Å²) in [5, 5.41) is 9.13. The number of hydrogen-bond acceptors (Lipinski definition) is 6. The third-order valence-corrected chi connectivity index (χ3v) is 5.37. The van der Waals surface area contributed by atoms with Gasteiger partial charge in [0.25, 0.3) is 0 Å². The summed E-state index contributed by atoms with van der Waals surface area (Å²) in [4.78, 5) is 34.4. The molecule has 2 aliphatic rings. The number of carbonyl (C=O) groups is 2. The fourth-order valence-electron chi connectivity index (χ4n) is 3.60. The van der Waals surface area contributed by atoms with Gasteiger partial charge in [-0.05, 0) is 25.0 Å². The maximum atomic E-state index is 12.5. The molecule has 0 spiro atoms. The fourth-order valence-corrected chi connectivity index (χ4v) is 3.60. The Balaban J connectivity index is 1.58. The number of aliphatic hydroxyl groups excluding tert-OH is 1. The van der Waals surface area contributed by atoms with Crippen molar-refractivity contribution in [2.75, 3.05) is 49.1 Å². The second-order valence-electron chi connectivity index (χ2n) is 7.00. The van der Waals surface area contributed by atoms with Gasteiger partial charge in [-0.2, -0.15) is 0 Å². The first-order chi connectivity index (χ1) is 13.1. The van der Waals surface area contributed by atoms with Gasteiger partial charge in [0.05, 0.1) is 25.0 Å². The third kappa shape index (κ3) is 4.16. The lowest BCUT2D eigenvalue weighted by Crippen LogP contribution is -2.50. The zero-order valence-corrected chi connectivity index (χ0v) is 16.0. The van der Waals surface area contributed by atoms with E-state index in [0.29, 0.717) is 25.3 Å². The Morgan fingerprint density at radius 2 is 1.96 bits per heavy atom. The highest BCUT2D eigenvalue weighted by Gasteiger charge is 2.32. The van der Waals surface area contributed by atoms with E-state index < -0.39 is 12.2 Å². The number of aromatic nitrogens is 1. The van der Waals surface area contributed by atoms with Crippen molar-refractivity contribution in [3.05, 3.63) is 18.3 Å². The number of hydrogen-bond donors (Lipinski definition) is 1.